The highest BCUT2D eigenvalue weighted by molar-refractivity contribution is 5.89. The van der Waals surface area contributed by atoms with E-state index in [9.17, 15) is 0 Å². The fourth-order valence-corrected chi connectivity index (χ4v) is 4.87. The van der Waals surface area contributed by atoms with Crippen molar-refractivity contribution in [2.75, 3.05) is 10.2 Å². The SMILES string of the molecule is C=C1/C=C\C=C/N(c2ccccc2)c2ccc(C3=CC4c5ccccc5NC4C=C3)cc21. The minimum absolute atomic E-state index is 0.331. The fourth-order valence-electron chi connectivity index (χ4n) is 4.87. The number of para-hydroxylation sites is 2. The van der Waals surface area contributed by atoms with Crippen LogP contribution in [0.4, 0.5) is 17.1 Å². The molecule has 154 valence electrons. The molecule has 0 fully saturated rings. The van der Waals surface area contributed by atoms with E-state index >= 15 is 0 Å². The van der Waals surface area contributed by atoms with Crippen molar-refractivity contribution in [2.24, 2.45) is 0 Å². The molecule has 2 unspecified atom stereocenters. The van der Waals surface area contributed by atoms with Crippen LogP contribution < -0.4 is 10.2 Å². The van der Waals surface area contributed by atoms with Gasteiger partial charge in [0.05, 0.1) is 11.7 Å². The Kier molecular flexibility index (Phi) is 4.43. The molecule has 0 saturated carbocycles. The fraction of sp³-hybridized carbons (Fsp3) is 0.0667. The standard InChI is InChI=1S/C30H24N2/c1-21-9-7-8-18-32(24-10-3-2-4-11-24)30-17-15-23(19-26(21)30)22-14-16-29-27(20-22)25-12-5-6-13-28(25)31-29/h2-20,27,29,31H,1H2/b9-7-,18-8-. The maximum absolute atomic E-state index is 4.36. The summed E-state index contributed by atoms with van der Waals surface area (Å²) < 4.78 is 0. The molecule has 2 heterocycles. The van der Waals surface area contributed by atoms with Crippen molar-refractivity contribution in [3.05, 3.63) is 139 Å². The second-order valence-corrected chi connectivity index (χ2v) is 8.43. The summed E-state index contributed by atoms with van der Waals surface area (Å²) in [7, 11) is 0. The molecule has 32 heavy (non-hydrogen) atoms. The molecule has 0 saturated heterocycles. The maximum atomic E-state index is 4.36. The summed E-state index contributed by atoms with van der Waals surface area (Å²) in [5.41, 5.74) is 9.52. The zero-order valence-electron chi connectivity index (χ0n) is 17.8. The molecule has 0 radical (unpaired) electrons. The monoisotopic (exact) mass is 412 g/mol. The van der Waals surface area contributed by atoms with E-state index < -0.39 is 0 Å². The first-order valence-corrected chi connectivity index (χ1v) is 11.1. The van der Waals surface area contributed by atoms with Crippen LogP contribution in [0.2, 0.25) is 0 Å². The molecule has 2 aliphatic heterocycles. The van der Waals surface area contributed by atoms with E-state index in [1.807, 2.05) is 6.07 Å². The van der Waals surface area contributed by atoms with Gasteiger partial charge in [-0.25, -0.2) is 0 Å². The molecule has 3 aliphatic rings. The number of rotatable bonds is 2. The Bertz CT molecular complexity index is 1320. The van der Waals surface area contributed by atoms with Crippen molar-refractivity contribution in [1.29, 1.82) is 0 Å². The lowest BCUT2D eigenvalue weighted by atomic mass is 9.86. The second kappa shape index (κ2) is 7.58. The first-order chi connectivity index (χ1) is 15.8. The van der Waals surface area contributed by atoms with Crippen molar-refractivity contribution in [3.8, 4) is 0 Å². The Morgan fingerprint density at radius 1 is 0.844 bits per heavy atom. The van der Waals surface area contributed by atoms with Gasteiger partial charge in [0.15, 0.2) is 0 Å². The van der Waals surface area contributed by atoms with Crippen LogP contribution in [0.5, 0.6) is 0 Å². The number of fused-ring (bicyclic) bond motifs is 4. The Morgan fingerprint density at radius 3 is 2.59 bits per heavy atom. The lowest BCUT2D eigenvalue weighted by Gasteiger charge is -2.26. The molecule has 1 N–H and O–H groups in total. The third kappa shape index (κ3) is 3.12. The van der Waals surface area contributed by atoms with Crippen LogP contribution in [-0.2, 0) is 0 Å². The maximum Gasteiger partial charge on any atom is 0.0552 e. The number of nitrogens with one attached hydrogen (secondary N) is 1. The molecule has 2 heteroatoms. The van der Waals surface area contributed by atoms with Gasteiger partial charge in [-0.05, 0) is 58.7 Å². The minimum atomic E-state index is 0.331. The Hall–Kier alpha value is -4.04. The van der Waals surface area contributed by atoms with Crippen molar-refractivity contribution < 1.29 is 0 Å². The number of nitrogens with zero attached hydrogens (tertiary/aromatic N) is 1. The van der Waals surface area contributed by atoms with E-state index in [1.165, 1.54) is 22.4 Å². The van der Waals surface area contributed by atoms with Crippen LogP contribution in [0.3, 0.4) is 0 Å². The first kappa shape index (κ1) is 18.7. The summed E-state index contributed by atoms with van der Waals surface area (Å²) in [5.74, 6) is 0.361. The highest BCUT2D eigenvalue weighted by Gasteiger charge is 2.31. The zero-order valence-corrected chi connectivity index (χ0v) is 17.8. The average molecular weight is 413 g/mol. The van der Waals surface area contributed by atoms with Gasteiger partial charge in [-0.3, -0.25) is 0 Å². The lowest BCUT2D eigenvalue weighted by Crippen LogP contribution is -2.18. The van der Waals surface area contributed by atoms with E-state index in [1.54, 1.807) is 0 Å². The average Bonchev–Trinajstić information content (AvgIpc) is 3.21. The van der Waals surface area contributed by atoms with Crippen LogP contribution in [0.1, 0.15) is 22.6 Å². The van der Waals surface area contributed by atoms with Crippen molar-refractivity contribution in [1.82, 2.24) is 0 Å². The van der Waals surface area contributed by atoms with Gasteiger partial charge < -0.3 is 10.2 Å². The molecule has 2 atom stereocenters. The van der Waals surface area contributed by atoms with Crippen LogP contribution >= 0.6 is 0 Å². The summed E-state index contributed by atoms with van der Waals surface area (Å²) in [5, 5.41) is 3.64. The third-order valence-electron chi connectivity index (χ3n) is 6.48. The van der Waals surface area contributed by atoms with Gasteiger partial charge in [0.2, 0.25) is 0 Å². The number of anilines is 3. The quantitative estimate of drug-likeness (QED) is 0.470. The van der Waals surface area contributed by atoms with E-state index in [0.717, 1.165) is 22.5 Å². The molecule has 1 aliphatic carbocycles. The lowest BCUT2D eigenvalue weighted by molar-refractivity contribution is 0.808. The molecule has 2 nitrogen and oxygen atoms in total. The predicted molar refractivity (Wildman–Crippen MR) is 136 cm³/mol. The summed E-state index contributed by atoms with van der Waals surface area (Å²) in [4.78, 5) is 2.23. The predicted octanol–water partition coefficient (Wildman–Crippen LogP) is 7.45. The Balaban J connectivity index is 1.43. The largest absolute Gasteiger partial charge is 0.378 e. The number of allylic oxidation sites excluding steroid dienone is 6. The van der Waals surface area contributed by atoms with Crippen LogP contribution in [0, 0.1) is 0 Å². The van der Waals surface area contributed by atoms with Gasteiger partial charge in [0, 0.05) is 29.1 Å². The molecular formula is C30H24N2. The highest BCUT2D eigenvalue weighted by Crippen LogP contribution is 2.43. The van der Waals surface area contributed by atoms with Crippen LogP contribution in [-0.4, -0.2) is 6.04 Å². The molecule has 3 aromatic rings. The van der Waals surface area contributed by atoms with Gasteiger partial charge in [0.25, 0.3) is 0 Å². The summed E-state index contributed by atoms with van der Waals surface area (Å²) in [6.07, 6.45) is 15.3. The number of hydrogen-bond acceptors (Lipinski definition) is 2. The van der Waals surface area contributed by atoms with Gasteiger partial charge in [-0.2, -0.15) is 0 Å². The molecule has 0 spiro atoms. The van der Waals surface area contributed by atoms with Gasteiger partial charge in [-0.15, -0.1) is 0 Å². The topological polar surface area (TPSA) is 15.3 Å². The summed E-state index contributed by atoms with van der Waals surface area (Å²) >= 11 is 0. The minimum Gasteiger partial charge on any atom is -0.378 e. The van der Waals surface area contributed by atoms with Crippen molar-refractivity contribution >= 4 is 28.2 Å². The van der Waals surface area contributed by atoms with Crippen LogP contribution in [0.15, 0.2) is 122 Å². The Labute approximate surface area is 189 Å². The van der Waals surface area contributed by atoms with Gasteiger partial charge in [0.1, 0.15) is 0 Å². The Morgan fingerprint density at radius 2 is 1.69 bits per heavy atom. The first-order valence-electron chi connectivity index (χ1n) is 11.1. The third-order valence-corrected chi connectivity index (χ3v) is 6.48. The van der Waals surface area contributed by atoms with Crippen LogP contribution in [0.25, 0.3) is 11.1 Å². The van der Waals surface area contributed by atoms with E-state index in [0.29, 0.717) is 12.0 Å². The normalized spacial score (nSPS) is 22.6. The van der Waals surface area contributed by atoms with E-state index in [-0.39, 0.29) is 0 Å². The number of benzene rings is 3. The molecule has 0 amide bonds. The van der Waals surface area contributed by atoms with E-state index in [2.05, 4.69) is 126 Å². The smallest absolute Gasteiger partial charge is 0.0552 e. The van der Waals surface area contributed by atoms with E-state index in [4.69, 9.17) is 0 Å². The molecule has 0 bridgehead atoms. The van der Waals surface area contributed by atoms with Gasteiger partial charge in [-0.1, -0.05) is 79.4 Å². The zero-order chi connectivity index (χ0) is 21.5. The summed E-state index contributed by atoms with van der Waals surface area (Å²) in [6.45, 7) is 4.36. The second-order valence-electron chi connectivity index (χ2n) is 8.43. The molecule has 6 rings (SSSR count). The highest BCUT2D eigenvalue weighted by atomic mass is 15.1. The molecular weight excluding hydrogens is 388 g/mol. The van der Waals surface area contributed by atoms with Crippen molar-refractivity contribution in [3.63, 3.8) is 0 Å². The number of hydrogen-bond donors (Lipinski definition) is 1. The molecule has 3 aromatic carbocycles. The van der Waals surface area contributed by atoms with Crippen molar-refractivity contribution in [2.45, 2.75) is 12.0 Å². The summed E-state index contributed by atoms with van der Waals surface area (Å²) in [6, 6.07) is 26.1. The molecule has 0 aromatic heterocycles. The van der Waals surface area contributed by atoms with Gasteiger partial charge >= 0.3 is 0 Å².